The summed E-state index contributed by atoms with van der Waals surface area (Å²) in [5.41, 5.74) is 5.28. The number of hydroxylamine groups is 2. The minimum absolute atomic E-state index is 0.176. The summed E-state index contributed by atoms with van der Waals surface area (Å²) in [6.07, 6.45) is 0.176. The van der Waals surface area contributed by atoms with Gasteiger partial charge < -0.3 is 10.6 Å². The predicted octanol–water partition coefficient (Wildman–Crippen LogP) is -0.852. The molecule has 0 spiro atoms. The first-order valence-corrected chi connectivity index (χ1v) is 1.91. The molecule has 0 amide bonds. The van der Waals surface area contributed by atoms with Crippen molar-refractivity contribution in [1.29, 1.82) is 0 Å². The fourth-order valence-corrected chi connectivity index (χ4v) is 0.347. The molecular formula is C3H8N2O. The number of rotatable bonds is 1. The van der Waals surface area contributed by atoms with E-state index in [1.807, 2.05) is 0 Å². The summed E-state index contributed by atoms with van der Waals surface area (Å²) in [5.74, 6) is 0. The molecule has 1 fully saturated rings. The Morgan fingerprint density at radius 3 is 2.50 bits per heavy atom. The van der Waals surface area contributed by atoms with E-state index >= 15 is 0 Å². The van der Waals surface area contributed by atoms with E-state index < -0.39 is 0 Å². The highest BCUT2D eigenvalue weighted by molar-refractivity contribution is 4.73. The van der Waals surface area contributed by atoms with Crippen LogP contribution in [0.15, 0.2) is 0 Å². The van der Waals surface area contributed by atoms with Gasteiger partial charge in [0.1, 0.15) is 0 Å². The monoisotopic (exact) mass is 88.1 g/mol. The van der Waals surface area contributed by atoms with Crippen LogP contribution in [0.2, 0.25) is 0 Å². The average molecular weight is 88.1 g/mol. The van der Waals surface area contributed by atoms with E-state index in [1.54, 1.807) is 12.2 Å². The summed E-state index contributed by atoms with van der Waals surface area (Å²) in [4.78, 5) is 4.68. The lowest BCUT2D eigenvalue weighted by Crippen LogP contribution is -2.08. The lowest BCUT2D eigenvalue weighted by Gasteiger charge is -1.89. The Bertz CT molecular complexity index is 54.8. The van der Waals surface area contributed by atoms with Crippen LogP contribution in [0.5, 0.6) is 0 Å². The highest BCUT2D eigenvalue weighted by Crippen LogP contribution is 2.08. The third kappa shape index (κ3) is 0.518. The second-order valence-electron chi connectivity index (χ2n) is 1.35. The van der Waals surface area contributed by atoms with E-state index in [9.17, 15) is 0 Å². The van der Waals surface area contributed by atoms with Gasteiger partial charge >= 0.3 is 0 Å². The van der Waals surface area contributed by atoms with Crippen molar-refractivity contribution in [2.75, 3.05) is 13.7 Å². The zero-order chi connectivity index (χ0) is 4.57. The lowest BCUT2D eigenvalue weighted by molar-refractivity contribution is -0.0366. The number of hydrogen-bond donors (Lipinski definition) is 1. The van der Waals surface area contributed by atoms with Crippen molar-refractivity contribution in [2.45, 2.75) is 6.17 Å². The topological polar surface area (TPSA) is 38.3 Å². The molecule has 0 aromatic rings. The van der Waals surface area contributed by atoms with Crippen LogP contribution < -0.4 is 5.73 Å². The maximum absolute atomic E-state index is 5.28. The molecule has 3 heteroatoms. The summed E-state index contributed by atoms with van der Waals surface area (Å²) in [7, 11) is 1.62. The van der Waals surface area contributed by atoms with Gasteiger partial charge in [0.25, 0.3) is 0 Å². The van der Waals surface area contributed by atoms with Gasteiger partial charge in [-0.25, -0.2) is 0 Å². The van der Waals surface area contributed by atoms with Gasteiger partial charge in [-0.15, -0.1) is 0 Å². The predicted molar refractivity (Wildman–Crippen MR) is 21.7 cm³/mol. The van der Waals surface area contributed by atoms with Crippen molar-refractivity contribution in [3.8, 4) is 0 Å². The van der Waals surface area contributed by atoms with Gasteiger partial charge in [-0.1, -0.05) is 0 Å². The van der Waals surface area contributed by atoms with Gasteiger partial charge in [0.05, 0.1) is 19.8 Å². The van der Waals surface area contributed by atoms with Crippen molar-refractivity contribution in [2.24, 2.45) is 5.73 Å². The van der Waals surface area contributed by atoms with E-state index in [1.165, 1.54) is 0 Å². The van der Waals surface area contributed by atoms with Crippen LogP contribution in [-0.2, 0) is 4.84 Å². The molecule has 0 bridgehead atoms. The Labute approximate surface area is 36.6 Å². The SMILES string of the molecule is CON1CC1N. The fraction of sp³-hybridized carbons (Fsp3) is 1.00. The minimum atomic E-state index is 0.176. The van der Waals surface area contributed by atoms with Gasteiger partial charge in [0.2, 0.25) is 0 Å². The van der Waals surface area contributed by atoms with E-state index in [4.69, 9.17) is 5.73 Å². The molecular weight excluding hydrogens is 80.0 g/mol. The zero-order valence-electron chi connectivity index (χ0n) is 3.72. The van der Waals surface area contributed by atoms with E-state index in [0.717, 1.165) is 6.54 Å². The first-order chi connectivity index (χ1) is 2.84. The van der Waals surface area contributed by atoms with Crippen molar-refractivity contribution in [1.82, 2.24) is 5.06 Å². The molecule has 0 saturated carbocycles. The molecule has 1 heterocycles. The molecule has 0 radical (unpaired) electrons. The molecule has 3 nitrogen and oxygen atoms in total. The van der Waals surface area contributed by atoms with Crippen LogP contribution in [0.25, 0.3) is 0 Å². The third-order valence-electron chi connectivity index (χ3n) is 0.838. The summed E-state index contributed by atoms with van der Waals surface area (Å²) in [5, 5.41) is 1.69. The zero-order valence-corrected chi connectivity index (χ0v) is 3.72. The molecule has 1 aliphatic heterocycles. The smallest absolute Gasteiger partial charge is 0.0972 e. The Balaban J connectivity index is 2.09. The molecule has 0 aliphatic carbocycles. The van der Waals surface area contributed by atoms with Crippen LogP contribution in [0.1, 0.15) is 0 Å². The van der Waals surface area contributed by atoms with Crippen molar-refractivity contribution < 1.29 is 4.84 Å². The van der Waals surface area contributed by atoms with Crippen LogP contribution in [0, 0.1) is 0 Å². The summed E-state index contributed by atoms with van der Waals surface area (Å²) in [6, 6.07) is 0. The largest absolute Gasteiger partial charge is 0.313 e. The number of hydrogen-bond acceptors (Lipinski definition) is 3. The van der Waals surface area contributed by atoms with Crippen molar-refractivity contribution in [3.63, 3.8) is 0 Å². The highest BCUT2D eigenvalue weighted by Gasteiger charge is 2.29. The average Bonchev–Trinajstić information content (AvgIpc) is 2.19. The number of nitrogens with zero attached hydrogens (tertiary/aromatic N) is 1. The third-order valence-corrected chi connectivity index (χ3v) is 0.838. The van der Waals surface area contributed by atoms with Crippen LogP contribution in [-0.4, -0.2) is 24.9 Å². The summed E-state index contributed by atoms with van der Waals surface area (Å²) < 4.78 is 0. The van der Waals surface area contributed by atoms with Crippen molar-refractivity contribution >= 4 is 0 Å². The Morgan fingerprint density at radius 1 is 2.00 bits per heavy atom. The first-order valence-electron chi connectivity index (χ1n) is 1.91. The molecule has 2 unspecified atom stereocenters. The van der Waals surface area contributed by atoms with E-state index in [0.29, 0.717) is 0 Å². The first kappa shape index (κ1) is 4.05. The van der Waals surface area contributed by atoms with E-state index in [-0.39, 0.29) is 6.17 Å². The molecule has 6 heavy (non-hydrogen) atoms. The maximum Gasteiger partial charge on any atom is 0.0972 e. The fourth-order valence-electron chi connectivity index (χ4n) is 0.347. The Morgan fingerprint density at radius 2 is 2.50 bits per heavy atom. The lowest BCUT2D eigenvalue weighted by atomic mass is 10.8. The van der Waals surface area contributed by atoms with Gasteiger partial charge in [-0.2, -0.15) is 5.06 Å². The molecule has 2 N–H and O–H groups in total. The second kappa shape index (κ2) is 1.18. The molecule has 1 rings (SSSR count). The Kier molecular flexibility index (Phi) is 0.799. The van der Waals surface area contributed by atoms with Gasteiger partial charge in [0, 0.05) is 0 Å². The summed E-state index contributed by atoms with van der Waals surface area (Å²) in [6.45, 7) is 0.885. The van der Waals surface area contributed by atoms with Crippen LogP contribution in [0.3, 0.4) is 0 Å². The molecule has 0 aromatic heterocycles. The molecule has 36 valence electrons. The normalized spacial score (nSPS) is 43.0. The van der Waals surface area contributed by atoms with Gasteiger partial charge in [-0.05, 0) is 0 Å². The minimum Gasteiger partial charge on any atom is -0.313 e. The van der Waals surface area contributed by atoms with Crippen LogP contribution >= 0.6 is 0 Å². The second-order valence-corrected chi connectivity index (χ2v) is 1.35. The molecule has 1 saturated heterocycles. The van der Waals surface area contributed by atoms with Gasteiger partial charge in [-0.3, -0.25) is 0 Å². The highest BCUT2D eigenvalue weighted by atomic mass is 16.7. The number of nitrogens with two attached hydrogens (primary N) is 1. The quantitative estimate of drug-likeness (QED) is 0.424. The summed E-state index contributed by atoms with van der Waals surface area (Å²) >= 11 is 0. The molecule has 2 atom stereocenters. The van der Waals surface area contributed by atoms with Gasteiger partial charge in [0.15, 0.2) is 0 Å². The molecule has 1 aliphatic rings. The Hall–Kier alpha value is -0.120. The standard InChI is InChI=1S/C3H8N2O/c1-6-5-2-3(5)4/h3H,2,4H2,1H3. The van der Waals surface area contributed by atoms with Crippen LogP contribution in [0.4, 0.5) is 0 Å². The van der Waals surface area contributed by atoms with Crippen molar-refractivity contribution in [3.05, 3.63) is 0 Å². The van der Waals surface area contributed by atoms with E-state index in [2.05, 4.69) is 4.84 Å². The maximum atomic E-state index is 5.28. The molecule has 0 aromatic carbocycles.